The van der Waals surface area contributed by atoms with E-state index in [-0.39, 0.29) is 30.2 Å². The molecule has 1 N–H and O–H groups in total. The van der Waals surface area contributed by atoms with Crippen LogP contribution in [0.25, 0.3) is 11.3 Å². The van der Waals surface area contributed by atoms with E-state index >= 15 is 0 Å². The second-order valence-corrected chi connectivity index (χ2v) is 13.5. The van der Waals surface area contributed by atoms with Gasteiger partial charge in [-0.3, -0.25) is 4.18 Å². The Morgan fingerprint density at radius 1 is 1.04 bits per heavy atom. The van der Waals surface area contributed by atoms with Crippen molar-refractivity contribution in [2.24, 2.45) is 5.92 Å². The van der Waals surface area contributed by atoms with E-state index in [1.807, 2.05) is 51.1 Å². The molecule has 1 unspecified atom stereocenters. The average Bonchev–Trinajstić information content (AvgIpc) is 3.43. The zero-order chi connectivity index (χ0) is 32.8. The van der Waals surface area contributed by atoms with Crippen molar-refractivity contribution in [2.75, 3.05) is 40.2 Å². The lowest BCUT2D eigenvalue weighted by Crippen LogP contribution is -2.42. The summed E-state index contributed by atoms with van der Waals surface area (Å²) in [5, 5.41) is 0. The fourth-order valence-corrected chi connectivity index (χ4v) is 5.67. The van der Waals surface area contributed by atoms with E-state index in [1.165, 1.54) is 14.2 Å². The number of carbonyl (C=O) groups excluding carboxylic acids is 2. The van der Waals surface area contributed by atoms with E-state index in [1.54, 1.807) is 23.1 Å². The molecule has 1 amide bonds. The molecular formula is C32H41N3O9S. The second kappa shape index (κ2) is 14.3. The van der Waals surface area contributed by atoms with E-state index in [0.29, 0.717) is 66.7 Å². The average molecular weight is 644 g/mol. The van der Waals surface area contributed by atoms with Gasteiger partial charge in [0.1, 0.15) is 22.9 Å². The molecular weight excluding hydrogens is 602 g/mol. The molecule has 2 heterocycles. The Bertz CT molecular complexity index is 1570. The highest BCUT2D eigenvalue weighted by Gasteiger charge is 2.34. The molecule has 4 rings (SSSR count). The Hall–Kier alpha value is -4.10. The van der Waals surface area contributed by atoms with Crippen LogP contribution < -0.4 is 9.47 Å². The van der Waals surface area contributed by atoms with Gasteiger partial charge in [0.2, 0.25) is 0 Å². The van der Waals surface area contributed by atoms with Gasteiger partial charge in [0, 0.05) is 24.6 Å². The van der Waals surface area contributed by atoms with Gasteiger partial charge in [0.05, 0.1) is 27.1 Å². The molecule has 45 heavy (non-hydrogen) atoms. The summed E-state index contributed by atoms with van der Waals surface area (Å²) in [7, 11) is -0.859. The number of imidazole rings is 1. The molecule has 244 valence electrons. The first-order chi connectivity index (χ1) is 21.3. The minimum atomic E-state index is -3.67. The molecule has 0 radical (unpaired) electrons. The van der Waals surface area contributed by atoms with Gasteiger partial charge < -0.3 is 28.8 Å². The second-order valence-electron chi connectivity index (χ2n) is 11.8. The minimum absolute atomic E-state index is 0.00697. The summed E-state index contributed by atoms with van der Waals surface area (Å²) in [6.45, 7) is 6.31. The third-order valence-electron chi connectivity index (χ3n) is 7.36. The van der Waals surface area contributed by atoms with Crippen LogP contribution in [0.15, 0.2) is 48.5 Å². The number of amides is 1. The van der Waals surface area contributed by atoms with Crippen molar-refractivity contribution in [3.63, 3.8) is 0 Å². The summed E-state index contributed by atoms with van der Waals surface area (Å²) in [6, 6.07) is 14.5. The molecule has 0 bridgehead atoms. The van der Waals surface area contributed by atoms with Crippen molar-refractivity contribution in [1.82, 2.24) is 14.9 Å². The van der Waals surface area contributed by atoms with E-state index < -0.39 is 21.7 Å². The van der Waals surface area contributed by atoms with Crippen molar-refractivity contribution in [3.05, 3.63) is 60.0 Å². The van der Waals surface area contributed by atoms with Crippen LogP contribution in [-0.2, 0) is 23.8 Å². The predicted molar refractivity (Wildman–Crippen MR) is 167 cm³/mol. The van der Waals surface area contributed by atoms with Crippen molar-refractivity contribution in [2.45, 2.75) is 51.6 Å². The van der Waals surface area contributed by atoms with Gasteiger partial charge in [0.25, 0.3) is 10.1 Å². The fraction of sp³-hybridized carbons (Fsp3) is 0.469. The molecule has 1 aromatic heterocycles. The molecule has 0 spiro atoms. The van der Waals surface area contributed by atoms with E-state index in [4.69, 9.17) is 28.1 Å². The number of likely N-dealkylation sites (tertiary alicyclic amines) is 1. The predicted octanol–water partition coefficient (Wildman–Crippen LogP) is 5.76. The van der Waals surface area contributed by atoms with Crippen LogP contribution >= 0.6 is 0 Å². The lowest BCUT2D eigenvalue weighted by molar-refractivity contribution is 0.0169. The number of methoxy groups -OCH3 is 2. The van der Waals surface area contributed by atoms with Crippen molar-refractivity contribution in [1.29, 1.82) is 0 Å². The number of piperidine rings is 1. The summed E-state index contributed by atoms with van der Waals surface area (Å²) in [6.07, 6.45) is 2.17. The van der Waals surface area contributed by atoms with E-state index in [2.05, 4.69) is 4.98 Å². The number of esters is 1. The fourth-order valence-electron chi connectivity index (χ4n) is 5.27. The molecule has 1 saturated heterocycles. The molecule has 1 aliphatic heterocycles. The van der Waals surface area contributed by atoms with Crippen molar-refractivity contribution in [3.8, 4) is 28.5 Å². The number of benzene rings is 2. The maximum Gasteiger partial charge on any atom is 0.410 e. The summed E-state index contributed by atoms with van der Waals surface area (Å²) < 4.78 is 50.8. The van der Waals surface area contributed by atoms with Crippen LogP contribution in [0.5, 0.6) is 17.2 Å². The quantitative estimate of drug-likeness (QED) is 0.202. The largest absolute Gasteiger partial charge is 0.493 e. The third-order valence-corrected chi connectivity index (χ3v) is 7.95. The number of nitrogens with zero attached hydrogens (tertiary/aromatic N) is 2. The number of rotatable bonds is 11. The van der Waals surface area contributed by atoms with Crippen molar-refractivity contribution < 1.29 is 41.1 Å². The summed E-state index contributed by atoms with van der Waals surface area (Å²) in [4.78, 5) is 35.3. The molecule has 3 aromatic rings. The first kappa shape index (κ1) is 33.8. The summed E-state index contributed by atoms with van der Waals surface area (Å²) in [5.41, 5.74) is 0.470. The Labute approximate surface area is 264 Å². The molecule has 13 heteroatoms. The first-order valence-corrected chi connectivity index (χ1v) is 16.5. The highest BCUT2D eigenvalue weighted by atomic mass is 32.2. The summed E-state index contributed by atoms with van der Waals surface area (Å²) in [5.74, 6) is 1.12. The number of aromatic nitrogens is 2. The van der Waals surface area contributed by atoms with Gasteiger partial charge in [-0.1, -0.05) is 18.2 Å². The van der Waals surface area contributed by atoms with Crippen molar-refractivity contribution >= 4 is 22.2 Å². The zero-order valence-corrected chi connectivity index (χ0v) is 27.3. The van der Waals surface area contributed by atoms with Crippen LogP contribution in [0, 0.1) is 5.92 Å². The van der Waals surface area contributed by atoms with Gasteiger partial charge in [-0.05, 0) is 76.3 Å². The number of para-hydroxylation sites is 1. The smallest absolute Gasteiger partial charge is 0.410 e. The number of ether oxygens (including phenoxy) is 4. The lowest BCUT2D eigenvalue weighted by atomic mass is 9.82. The maximum absolute atomic E-state index is 12.9. The molecule has 1 aliphatic rings. The third kappa shape index (κ3) is 9.21. The van der Waals surface area contributed by atoms with Crippen LogP contribution in [0.2, 0.25) is 0 Å². The number of aromatic amines is 1. The molecule has 0 saturated carbocycles. The maximum atomic E-state index is 12.9. The Balaban J connectivity index is 1.65. The number of nitrogens with one attached hydrogen (secondary N) is 1. The minimum Gasteiger partial charge on any atom is -0.493 e. The standard InChI is InChI=1S/C32H41N3O9S/c1-32(2,3)44-31(37)35-17-14-21(15-18-35)24(16-19-42-45(6,38)39)29-33-27(28(34-29)30(36)41-5)22-12-13-25(26(20-22)40-4)43-23-10-8-7-9-11-23/h7-13,20-21,24H,14-19H2,1-6H3,(H,33,34). The number of H-pyrrole nitrogens is 1. The highest BCUT2D eigenvalue weighted by Crippen LogP contribution is 2.39. The van der Waals surface area contributed by atoms with Crippen LogP contribution in [0.4, 0.5) is 4.79 Å². The SMILES string of the molecule is COC(=O)c1[nH]c(C(CCOS(C)(=O)=O)C2CCN(C(=O)OC(C)(C)C)CC2)nc1-c1ccc(Oc2ccccc2)c(OC)c1. The zero-order valence-electron chi connectivity index (χ0n) is 26.5. The van der Waals surface area contributed by atoms with Gasteiger partial charge >= 0.3 is 12.1 Å². The van der Waals surface area contributed by atoms with E-state index in [0.717, 1.165) is 6.26 Å². The monoisotopic (exact) mass is 643 g/mol. The van der Waals surface area contributed by atoms with Crippen LogP contribution in [0.1, 0.15) is 62.3 Å². The van der Waals surface area contributed by atoms with Gasteiger partial charge in [-0.15, -0.1) is 0 Å². The highest BCUT2D eigenvalue weighted by molar-refractivity contribution is 7.85. The van der Waals surface area contributed by atoms with Gasteiger partial charge in [-0.2, -0.15) is 8.42 Å². The lowest BCUT2D eigenvalue weighted by Gasteiger charge is -2.36. The molecule has 2 aromatic carbocycles. The normalized spacial score (nSPS) is 14.9. The molecule has 12 nitrogen and oxygen atoms in total. The van der Waals surface area contributed by atoms with Crippen LogP contribution in [-0.4, -0.2) is 81.1 Å². The van der Waals surface area contributed by atoms with Gasteiger partial charge in [0.15, 0.2) is 17.2 Å². The Kier molecular flexibility index (Phi) is 10.8. The summed E-state index contributed by atoms with van der Waals surface area (Å²) >= 11 is 0. The number of carbonyl (C=O) groups is 2. The Morgan fingerprint density at radius 3 is 2.33 bits per heavy atom. The topological polar surface area (TPSA) is 146 Å². The molecule has 1 fully saturated rings. The van der Waals surface area contributed by atoms with Crippen LogP contribution in [0.3, 0.4) is 0 Å². The first-order valence-electron chi connectivity index (χ1n) is 14.7. The Morgan fingerprint density at radius 2 is 1.73 bits per heavy atom. The molecule has 0 aliphatic carbocycles. The number of hydrogen-bond acceptors (Lipinski definition) is 10. The van der Waals surface area contributed by atoms with Gasteiger partial charge in [-0.25, -0.2) is 14.6 Å². The number of hydrogen-bond donors (Lipinski definition) is 1. The van der Waals surface area contributed by atoms with E-state index in [9.17, 15) is 18.0 Å². The molecule has 1 atom stereocenters.